The van der Waals surface area contributed by atoms with Gasteiger partial charge in [-0.1, -0.05) is 24.0 Å². The van der Waals surface area contributed by atoms with Crippen LogP contribution in [0.1, 0.15) is 16.7 Å². The minimum atomic E-state index is -0.355. The zero-order chi connectivity index (χ0) is 14.5. The van der Waals surface area contributed by atoms with Crippen LogP contribution in [-0.4, -0.2) is 11.1 Å². The topological polar surface area (TPSA) is 48.0 Å². The number of nitrogens with zero attached hydrogens (tertiary/aromatic N) is 1. The highest BCUT2D eigenvalue weighted by Crippen LogP contribution is 2.11. The fraction of sp³-hybridized carbons (Fsp3) is 0.188. The molecule has 0 spiro atoms. The Morgan fingerprint density at radius 3 is 2.90 bits per heavy atom. The third-order valence-corrected chi connectivity index (χ3v) is 2.95. The first-order valence-corrected chi connectivity index (χ1v) is 6.25. The number of aryl methyl sites for hydroxylation is 1. The number of halogens is 1. The first-order chi connectivity index (χ1) is 9.61. The number of nitrogens with two attached hydrogens (primary N) is 1. The molecule has 0 fully saturated rings. The van der Waals surface area contributed by atoms with Crippen molar-refractivity contribution in [2.75, 3.05) is 6.54 Å². The fourth-order valence-corrected chi connectivity index (χ4v) is 1.91. The molecule has 2 N–H and O–H groups in total. The number of aromatic nitrogens is 1. The maximum atomic E-state index is 13.3. The number of pyridine rings is 1. The van der Waals surface area contributed by atoms with Crippen LogP contribution >= 0.6 is 0 Å². The van der Waals surface area contributed by atoms with Gasteiger partial charge >= 0.3 is 0 Å². The molecule has 0 radical (unpaired) electrons. The molecule has 0 atom stereocenters. The van der Waals surface area contributed by atoms with Crippen molar-refractivity contribution in [2.24, 2.45) is 5.73 Å². The zero-order valence-corrected chi connectivity index (χ0v) is 11.2. The number of hydrogen-bond donors (Lipinski definition) is 1. The van der Waals surface area contributed by atoms with E-state index in [4.69, 9.17) is 5.73 Å². The summed E-state index contributed by atoms with van der Waals surface area (Å²) in [4.78, 5) is 12.0. The van der Waals surface area contributed by atoms with Crippen LogP contribution in [0.25, 0.3) is 0 Å². The molecule has 20 heavy (non-hydrogen) atoms. The molecule has 2 rings (SSSR count). The van der Waals surface area contributed by atoms with E-state index in [1.807, 2.05) is 6.07 Å². The Bertz CT molecular complexity index is 738. The highest BCUT2D eigenvalue weighted by molar-refractivity contribution is 5.42. The molecular formula is C16H15FN2O. The second-order valence-corrected chi connectivity index (χ2v) is 4.43. The maximum Gasteiger partial charge on any atom is 0.253 e. The van der Waals surface area contributed by atoms with Crippen molar-refractivity contribution < 1.29 is 4.39 Å². The Morgan fingerprint density at radius 2 is 2.15 bits per heavy atom. The SMILES string of the molecule is Cc1cccn(Cc2ccc(F)cc2C#CCN)c1=O. The Labute approximate surface area is 116 Å². The summed E-state index contributed by atoms with van der Waals surface area (Å²) >= 11 is 0. The van der Waals surface area contributed by atoms with E-state index >= 15 is 0 Å². The lowest BCUT2D eigenvalue weighted by molar-refractivity contribution is 0.625. The van der Waals surface area contributed by atoms with E-state index in [0.717, 1.165) is 5.56 Å². The van der Waals surface area contributed by atoms with Gasteiger partial charge in [0, 0.05) is 17.3 Å². The molecule has 0 amide bonds. The summed E-state index contributed by atoms with van der Waals surface area (Å²) in [5, 5.41) is 0. The van der Waals surface area contributed by atoms with E-state index in [-0.39, 0.29) is 17.9 Å². The Balaban J connectivity index is 2.43. The van der Waals surface area contributed by atoms with Crippen molar-refractivity contribution in [2.45, 2.75) is 13.5 Å². The van der Waals surface area contributed by atoms with Crippen LogP contribution in [0, 0.1) is 24.6 Å². The predicted molar refractivity (Wildman–Crippen MR) is 76.9 cm³/mol. The van der Waals surface area contributed by atoms with Crippen molar-refractivity contribution >= 4 is 0 Å². The van der Waals surface area contributed by atoms with Crippen LogP contribution in [0.5, 0.6) is 0 Å². The van der Waals surface area contributed by atoms with Crippen molar-refractivity contribution in [3.05, 3.63) is 69.4 Å². The van der Waals surface area contributed by atoms with Crippen molar-refractivity contribution in [1.82, 2.24) is 4.57 Å². The quantitative estimate of drug-likeness (QED) is 0.844. The van der Waals surface area contributed by atoms with E-state index in [2.05, 4.69) is 11.8 Å². The van der Waals surface area contributed by atoms with Gasteiger partial charge in [0.05, 0.1) is 13.1 Å². The van der Waals surface area contributed by atoms with Gasteiger partial charge in [0.15, 0.2) is 0 Å². The molecule has 0 aliphatic rings. The molecule has 1 aromatic heterocycles. The van der Waals surface area contributed by atoms with Crippen LogP contribution < -0.4 is 11.3 Å². The molecule has 102 valence electrons. The number of benzene rings is 1. The maximum absolute atomic E-state index is 13.3. The van der Waals surface area contributed by atoms with Gasteiger partial charge in [-0.05, 0) is 30.7 Å². The molecule has 1 heterocycles. The highest BCUT2D eigenvalue weighted by atomic mass is 19.1. The van der Waals surface area contributed by atoms with Crippen LogP contribution in [0.4, 0.5) is 4.39 Å². The summed E-state index contributed by atoms with van der Waals surface area (Å²) in [7, 11) is 0. The van der Waals surface area contributed by atoms with Crippen molar-refractivity contribution in [3.63, 3.8) is 0 Å². The standard InChI is InChI=1S/C16H15FN2O/c1-12-4-3-9-19(16(12)20)11-14-6-7-15(17)10-13(14)5-2-8-18/h3-4,6-7,9-10H,8,11,18H2,1H3. The van der Waals surface area contributed by atoms with Gasteiger partial charge in [0.2, 0.25) is 0 Å². The normalized spacial score (nSPS) is 9.95. The largest absolute Gasteiger partial charge is 0.320 e. The predicted octanol–water partition coefficient (Wildman–Crippen LogP) is 1.65. The van der Waals surface area contributed by atoms with Crippen molar-refractivity contribution in [3.8, 4) is 11.8 Å². The first-order valence-electron chi connectivity index (χ1n) is 6.25. The molecule has 0 saturated heterocycles. The van der Waals surface area contributed by atoms with Crippen LogP contribution in [-0.2, 0) is 6.54 Å². The van der Waals surface area contributed by atoms with Gasteiger partial charge in [-0.15, -0.1) is 0 Å². The molecule has 1 aromatic carbocycles. The molecule has 0 unspecified atom stereocenters. The summed E-state index contributed by atoms with van der Waals surface area (Å²) < 4.78 is 14.9. The molecule has 4 heteroatoms. The van der Waals surface area contributed by atoms with Gasteiger partial charge in [0.25, 0.3) is 5.56 Å². The summed E-state index contributed by atoms with van der Waals surface area (Å²) in [6.45, 7) is 2.33. The van der Waals surface area contributed by atoms with Gasteiger partial charge < -0.3 is 10.3 Å². The highest BCUT2D eigenvalue weighted by Gasteiger charge is 2.05. The minimum Gasteiger partial charge on any atom is -0.320 e. The average Bonchev–Trinajstić information content (AvgIpc) is 2.44. The van der Waals surface area contributed by atoms with Crippen LogP contribution in [0.15, 0.2) is 41.3 Å². The number of hydrogen-bond acceptors (Lipinski definition) is 2. The second kappa shape index (κ2) is 6.18. The van der Waals surface area contributed by atoms with E-state index in [1.165, 1.54) is 12.1 Å². The van der Waals surface area contributed by atoms with E-state index in [9.17, 15) is 9.18 Å². The summed E-state index contributed by atoms with van der Waals surface area (Å²) in [6.07, 6.45) is 1.71. The molecule has 0 saturated carbocycles. The van der Waals surface area contributed by atoms with E-state index < -0.39 is 0 Å². The lowest BCUT2D eigenvalue weighted by Crippen LogP contribution is -2.22. The first kappa shape index (κ1) is 14.0. The monoisotopic (exact) mass is 270 g/mol. The third-order valence-electron chi connectivity index (χ3n) is 2.95. The second-order valence-electron chi connectivity index (χ2n) is 4.43. The summed E-state index contributed by atoms with van der Waals surface area (Å²) in [5.41, 5.74) is 7.30. The van der Waals surface area contributed by atoms with Crippen LogP contribution in [0.3, 0.4) is 0 Å². The molecule has 0 aliphatic carbocycles. The average molecular weight is 270 g/mol. The Morgan fingerprint density at radius 1 is 1.35 bits per heavy atom. The zero-order valence-electron chi connectivity index (χ0n) is 11.2. The molecular weight excluding hydrogens is 255 g/mol. The minimum absolute atomic E-state index is 0.0606. The summed E-state index contributed by atoms with van der Waals surface area (Å²) in [5.74, 6) is 5.19. The smallest absolute Gasteiger partial charge is 0.253 e. The van der Waals surface area contributed by atoms with Crippen LogP contribution in [0.2, 0.25) is 0 Å². The van der Waals surface area contributed by atoms with E-state index in [0.29, 0.717) is 17.7 Å². The lowest BCUT2D eigenvalue weighted by atomic mass is 10.1. The third kappa shape index (κ3) is 3.14. The summed E-state index contributed by atoms with van der Waals surface area (Å²) in [6, 6.07) is 7.94. The Hall–Kier alpha value is -2.38. The number of rotatable bonds is 2. The van der Waals surface area contributed by atoms with Crippen molar-refractivity contribution in [1.29, 1.82) is 0 Å². The van der Waals surface area contributed by atoms with Gasteiger partial charge in [-0.25, -0.2) is 4.39 Å². The molecule has 3 nitrogen and oxygen atoms in total. The lowest BCUT2D eigenvalue weighted by Gasteiger charge is -2.09. The molecule has 0 bridgehead atoms. The van der Waals surface area contributed by atoms with Gasteiger partial charge in [-0.3, -0.25) is 4.79 Å². The van der Waals surface area contributed by atoms with E-state index in [1.54, 1.807) is 29.8 Å². The fourth-order valence-electron chi connectivity index (χ4n) is 1.91. The molecule has 2 aromatic rings. The van der Waals surface area contributed by atoms with Gasteiger partial charge in [0.1, 0.15) is 5.82 Å². The molecule has 0 aliphatic heterocycles. The van der Waals surface area contributed by atoms with Gasteiger partial charge in [-0.2, -0.15) is 0 Å². The Kier molecular flexibility index (Phi) is 4.34.